The smallest absolute Gasteiger partial charge is 0.218 e. The van der Waals surface area contributed by atoms with Crippen molar-refractivity contribution in [1.82, 2.24) is 9.55 Å². The molecule has 0 spiro atoms. The molecule has 2 aromatic heterocycles. The Labute approximate surface area is 127 Å². The minimum Gasteiger partial charge on any atom is -0.477 e. The van der Waals surface area contributed by atoms with Crippen LogP contribution in [-0.2, 0) is 17.9 Å². The average molecular weight is 304 g/mol. The van der Waals surface area contributed by atoms with E-state index in [-0.39, 0.29) is 0 Å². The van der Waals surface area contributed by atoms with Crippen LogP contribution in [0.15, 0.2) is 18.3 Å². The summed E-state index contributed by atoms with van der Waals surface area (Å²) in [6, 6.07) is 5.51. The Morgan fingerprint density at radius 3 is 3.05 bits per heavy atom. The van der Waals surface area contributed by atoms with Crippen LogP contribution in [0.1, 0.15) is 12.0 Å². The van der Waals surface area contributed by atoms with Crippen LogP contribution in [-0.4, -0.2) is 30.8 Å². The number of rotatable bonds is 5. The van der Waals surface area contributed by atoms with E-state index in [9.17, 15) is 0 Å². The number of aromatic nitrogens is 2. The Kier molecular flexibility index (Phi) is 4.04. The molecular formula is C16H24N2O2Si. The Bertz CT molecular complexity index is 631. The van der Waals surface area contributed by atoms with Crippen LogP contribution in [0.3, 0.4) is 0 Å². The molecule has 0 fully saturated rings. The second-order valence-corrected chi connectivity index (χ2v) is 12.6. The van der Waals surface area contributed by atoms with Gasteiger partial charge in [-0.05, 0) is 31.0 Å². The van der Waals surface area contributed by atoms with Gasteiger partial charge in [0.15, 0.2) is 0 Å². The molecule has 2 aromatic rings. The molecule has 0 unspecified atom stereocenters. The first kappa shape index (κ1) is 14.6. The number of ether oxygens (including phenoxy) is 2. The van der Waals surface area contributed by atoms with Crippen molar-refractivity contribution in [3.8, 4) is 5.88 Å². The first-order valence-corrected chi connectivity index (χ1v) is 11.4. The van der Waals surface area contributed by atoms with Crippen LogP contribution in [0.4, 0.5) is 0 Å². The van der Waals surface area contributed by atoms with Crippen LogP contribution in [0.5, 0.6) is 5.88 Å². The van der Waals surface area contributed by atoms with Gasteiger partial charge in [0.2, 0.25) is 5.88 Å². The molecular weight excluding hydrogens is 280 g/mol. The van der Waals surface area contributed by atoms with E-state index in [2.05, 4.69) is 47.5 Å². The van der Waals surface area contributed by atoms with Gasteiger partial charge in [-0.25, -0.2) is 0 Å². The largest absolute Gasteiger partial charge is 0.477 e. The predicted molar refractivity (Wildman–Crippen MR) is 87.7 cm³/mol. The van der Waals surface area contributed by atoms with Crippen LogP contribution in [0.2, 0.25) is 25.7 Å². The summed E-state index contributed by atoms with van der Waals surface area (Å²) in [5.41, 5.74) is 2.19. The minimum absolute atomic E-state index is 0.569. The van der Waals surface area contributed by atoms with Gasteiger partial charge in [0.1, 0.15) is 12.4 Å². The molecule has 0 N–H and O–H groups in total. The fraction of sp³-hybridized carbons (Fsp3) is 0.562. The number of hydrogen-bond donors (Lipinski definition) is 0. The minimum atomic E-state index is -1.02. The van der Waals surface area contributed by atoms with Gasteiger partial charge in [-0.3, -0.25) is 0 Å². The Balaban J connectivity index is 1.71. The van der Waals surface area contributed by atoms with Gasteiger partial charge in [0.25, 0.3) is 0 Å². The summed E-state index contributed by atoms with van der Waals surface area (Å²) >= 11 is 0. The summed E-state index contributed by atoms with van der Waals surface area (Å²) in [5.74, 6) is 0.802. The van der Waals surface area contributed by atoms with Crippen molar-refractivity contribution in [1.29, 1.82) is 0 Å². The van der Waals surface area contributed by atoms with E-state index in [1.54, 1.807) is 0 Å². The second kappa shape index (κ2) is 5.81. The molecule has 5 heteroatoms. The lowest BCUT2D eigenvalue weighted by Gasteiger charge is -2.17. The molecule has 1 aliphatic rings. The molecule has 0 radical (unpaired) electrons. The van der Waals surface area contributed by atoms with Crippen molar-refractivity contribution in [2.45, 2.75) is 45.3 Å². The lowest BCUT2D eigenvalue weighted by Crippen LogP contribution is -2.22. The zero-order valence-corrected chi connectivity index (χ0v) is 14.2. The highest BCUT2D eigenvalue weighted by Gasteiger charge is 2.15. The van der Waals surface area contributed by atoms with Gasteiger partial charge >= 0.3 is 0 Å². The van der Waals surface area contributed by atoms with Crippen molar-refractivity contribution in [3.63, 3.8) is 0 Å². The van der Waals surface area contributed by atoms with Gasteiger partial charge < -0.3 is 14.0 Å². The number of nitrogens with zero attached hydrogens (tertiary/aromatic N) is 2. The van der Waals surface area contributed by atoms with E-state index in [1.165, 1.54) is 17.0 Å². The summed E-state index contributed by atoms with van der Waals surface area (Å²) in [5, 5.41) is 1.17. The van der Waals surface area contributed by atoms with Crippen molar-refractivity contribution >= 4 is 19.1 Å². The van der Waals surface area contributed by atoms with Gasteiger partial charge in [-0.2, -0.15) is 4.98 Å². The standard InChI is InChI=1S/C16H24N2O2Si/c1-21(2,3)10-9-19-12-18-7-6-13-11-14-5-4-8-20-16(14)17-15(13)18/h6-7,11H,4-5,8-10,12H2,1-3H3. The lowest BCUT2D eigenvalue weighted by molar-refractivity contribution is 0.0898. The highest BCUT2D eigenvalue weighted by molar-refractivity contribution is 6.76. The second-order valence-electron chi connectivity index (χ2n) is 6.95. The Morgan fingerprint density at radius 1 is 1.38 bits per heavy atom. The summed E-state index contributed by atoms with van der Waals surface area (Å²) in [4.78, 5) is 4.67. The Morgan fingerprint density at radius 2 is 2.24 bits per heavy atom. The third-order valence-electron chi connectivity index (χ3n) is 3.83. The van der Waals surface area contributed by atoms with Gasteiger partial charge in [-0.15, -0.1) is 0 Å². The van der Waals surface area contributed by atoms with Crippen LogP contribution < -0.4 is 4.74 Å². The highest BCUT2D eigenvalue weighted by atomic mass is 28.3. The molecule has 0 aliphatic carbocycles. The molecule has 0 saturated heterocycles. The summed E-state index contributed by atoms with van der Waals surface area (Å²) in [6.45, 7) is 9.28. The highest BCUT2D eigenvalue weighted by Crippen LogP contribution is 2.27. The summed E-state index contributed by atoms with van der Waals surface area (Å²) < 4.78 is 13.6. The first-order chi connectivity index (χ1) is 10.0. The fourth-order valence-electron chi connectivity index (χ4n) is 2.52. The molecule has 0 aromatic carbocycles. The molecule has 4 nitrogen and oxygen atoms in total. The third kappa shape index (κ3) is 3.47. The molecule has 21 heavy (non-hydrogen) atoms. The van der Waals surface area contributed by atoms with Gasteiger partial charge in [0.05, 0.1) is 6.61 Å². The maximum Gasteiger partial charge on any atom is 0.218 e. The number of fused-ring (bicyclic) bond motifs is 2. The monoisotopic (exact) mass is 304 g/mol. The zero-order valence-electron chi connectivity index (χ0n) is 13.2. The lowest BCUT2D eigenvalue weighted by atomic mass is 10.1. The molecule has 0 bridgehead atoms. The molecule has 3 heterocycles. The molecule has 114 valence electrons. The van der Waals surface area contributed by atoms with E-state index in [4.69, 9.17) is 9.47 Å². The summed E-state index contributed by atoms with van der Waals surface area (Å²) in [6.07, 6.45) is 4.20. The van der Waals surface area contributed by atoms with Crippen molar-refractivity contribution in [3.05, 3.63) is 23.9 Å². The number of pyridine rings is 1. The van der Waals surface area contributed by atoms with E-state index >= 15 is 0 Å². The van der Waals surface area contributed by atoms with E-state index < -0.39 is 8.07 Å². The van der Waals surface area contributed by atoms with E-state index in [1.807, 2.05) is 0 Å². The van der Waals surface area contributed by atoms with Gasteiger partial charge in [-0.1, -0.05) is 19.6 Å². The first-order valence-electron chi connectivity index (χ1n) is 7.72. The number of aryl methyl sites for hydroxylation is 1. The fourth-order valence-corrected chi connectivity index (χ4v) is 3.28. The van der Waals surface area contributed by atoms with Crippen LogP contribution in [0.25, 0.3) is 11.0 Å². The van der Waals surface area contributed by atoms with Crippen LogP contribution >= 0.6 is 0 Å². The quantitative estimate of drug-likeness (QED) is 0.624. The molecule has 3 rings (SSSR count). The van der Waals surface area contributed by atoms with Crippen LogP contribution in [0, 0.1) is 0 Å². The van der Waals surface area contributed by atoms with E-state index in [0.29, 0.717) is 6.73 Å². The normalized spacial score (nSPS) is 15.0. The SMILES string of the molecule is C[Si](C)(C)CCOCn1ccc2cc3c(nc21)OCCC3. The molecule has 0 amide bonds. The van der Waals surface area contributed by atoms with E-state index in [0.717, 1.165) is 37.6 Å². The van der Waals surface area contributed by atoms with Crippen molar-refractivity contribution < 1.29 is 9.47 Å². The average Bonchev–Trinajstić information content (AvgIpc) is 2.82. The van der Waals surface area contributed by atoms with Crippen molar-refractivity contribution in [2.75, 3.05) is 13.2 Å². The third-order valence-corrected chi connectivity index (χ3v) is 5.54. The molecule has 0 atom stereocenters. The van der Waals surface area contributed by atoms with Gasteiger partial charge in [0, 0.05) is 31.8 Å². The maximum atomic E-state index is 5.82. The Hall–Kier alpha value is -1.33. The maximum absolute atomic E-state index is 5.82. The zero-order chi connectivity index (χ0) is 14.9. The predicted octanol–water partition coefficient (Wildman–Crippen LogP) is 3.67. The summed E-state index contributed by atoms with van der Waals surface area (Å²) in [7, 11) is -1.02. The molecule has 0 saturated carbocycles. The number of hydrogen-bond acceptors (Lipinski definition) is 3. The van der Waals surface area contributed by atoms with Crippen molar-refractivity contribution in [2.24, 2.45) is 0 Å². The molecule has 1 aliphatic heterocycles. The topological polar surface area (TPSA) is 36.3 Å².